The van der Waals surface area contributed by atoms with Gasteiger partial charge in [0, 0.05) is 5.69 Å². The fraction of sp³-hybridized carbons (Fsp3) is 0.238. The lowest BCUT2D eigenvalue weighted by atomic mass is 10.1. The van der Waals surface area contributed by atoms with E-state index < -0.39 is 6.04 Å². The van der Waals surface area contributed by atoms with Crippen molar-refractivity contribution in [2.24, 2.45) is 0 Å². The predicted octanol–water partition coefficient (Wildman–Crippen LogP) is 3.01. The van der Waals surface area contributed by atoms with Crippen molar-refractivity contribution in [3.05, 3.63) is 64.7 Å². The molecule has 1 amide bonds. The Morgan fingerprint density at radius 1 is 1.14 bits per heavy atom. The van der Waals surface area contributed by atoms with Crippen LogP contribution in [0.3, 0.4) is 0 Å². The lowest BCUT2D eigenvalue weighted by molar-refractivity contribution is -0.125. The summed E-state index contributed by atoms with van der Waals surface area (Å²) in [5.41, 5.74) is 0.846. The summed E-state index contributed by atoms with van der Waals surface area (Å²) in [7, 11) is 1.56. The number of carbonyl (C=O) groups excluding carboxylic acids is 2. The van der Waals surface area contributed by atoms with E-state index in [0.717, 1.165) is 0 Å². The van der Waals surface area contributed by atoms with Crippen molar-refractivity contribution in [3.8, 4) is 5.75 Å². The van der Waals surface area contributed by atoms with E-state index in [1.807, 2.05) is 0 Å². The molecule has 1 N–H and O–H groups in total. The van der Waals surface area contributed by atoms with Gasteiger partial charge in [-0.3, -0.25) is 14.4 Å². The van der Waals surface area contributed by atoms with Crippen molar-refractivity contribution in [3.63, 3.8) is 0 Å². The summed E-state index contributed by atoms with van der Waals surface area (Å²) < 4.78 is 5.17. The number of aromatic amines is 1. The first-order valence-corrected chi connectivity index (χ1v) is 8.85. The Morgan fingerprint density at radius 2 is 1.82 bits per heavy atom. The van der Waals surface area contributed by atoms with Gasteiger partial charge in [-0.05, 0) is 50.2 Å². The molecule has 0 radical (unpaired) electrons. The highest BCUT2D eigenvalue weighted by molar-refractivity contribution is 6.05. The van der Waals surface area contributed by atoms with Crippen molar-refractivity contribution in [2.45, 2.75) is 26.3 Å². The summed E-state index contributed by atoms with van der Waals surface area (Å²) in [4.78, 5) is 45.5. The number of fused-ring (bicyclic) bond motifs is 1. The van der Waals surface area contributed by atoms with Crippen molar-refractivity contribution in [2.75, 3.05) is 12.0 Å². The number of H-pyrrole nitrogens is 1. The second kappa shape index (κ2) is 8.04. The van der Waals surface area contributed by atoms with Crippen molar-refractivity contribution < 1.29 is 14.3 Å². The Labute approximate surface area is 162 Å². The lowest BCUT2D eigenvalue weighted by Gasteiger charge is -2.28. The van der Waals surface area contributed by atoms with Crippen LogP contribution in [0.25, 0.3) is 10.9 Å². The van der Waals surface area contributed by atoms with E-state index in [2.05, 4.69) is 9.97 Å². The van der Waals surface area contributed by atoms with E-state index in [1.54, 1.807) is 62.6 Å². The Bertz CT molecular complexity index is 1070. The standard InChI is InChI=1S/C21H21N3O4/c1-13(25)12-19(26)24(15-8-10-16(28-3)11-9-15)14(2)20-22-18-7-5-4-6-17(18)21(27)23-20/h4-11,14H,12H2,1-3H3,(H,22,23,27). The zero-order valence-corrected chi connectivity index (χ0v) is 15.9. The molecular weight excluding hydrogens is 358 g/mol. The second-order valence-corrected chi connectivity index (χ2v) is 6.48. The van der Waals surface area contributed by atoms with Gasteiger partial charge in [-0.15, -0.1) is 0 Å². The van der Waals surface area contributed by atoms with Gasteiger partial charge in [-0.2, -0.15) is 0 Å². The topological polar surface area (TPSA) is 92.4 Å². The van der Waals surface area contributed by atoms with Gasteiger partial charge in [-0.1, -0.05) is 12.1 Å². The van der Waals surface area contributed by atoms with Crippen LogP contribution in [0.15, 0.2) is 53.3 Å². The minimum Gasteiger partial charge on any atom is -0.497 e. The summed E-state index contributed by atoms with van der Waals surface area (Å²) in [6.45, 7) is 3.13. The second-order valence-electron chi connectivity index (χ2n) is 6.48. The van der Waals surface area contributed by atoms with Gasteiger partial charge in [0.25, 0.3) is 5.56 Å². The summed E-state index contributed by atoms with van der Waals surface area (Å²) in [6, 6.07) is 13.3. The molecule has 144 valence electrons. The van der Waals surface area contributed by atoms with E-state index in [4.69, 9.17) is 4.74 Å². The first-order chi connectivity index (χ1) is 13.4. The number of benzene rings is 2. The van der Waals surface area contributed by atoms with E-state index in [-0.39, 0.29) is 23.7 Å². The number of ketones is 1. The third kappa shape index (κ3) is 3.93. The third-order valence-electron chi connectivity index (χ3n) is 4.43. The number of amides is 1. The molecule has 0 saturated carbocycles. The van der Waals surface area contributed by atoms with Crippen LogP contribution in [0, 0.1) is 0 Å². The number of nitrogens with one attached hydrogen (secondary N) is 1. The molecule has 0 aliphatic heterocycles. The molecule has 1 aromatic heterocycles. The highest BCUT2D eigenvalue weighted by Crippen LogP contribution is 2.28. The summed E-state index contributed by atoms with van der Waals surface area (Å²) in [6.07, 6.45) is -0.242. The summed E-state index contributed by atoms with van der Waals surface area (Å²) in [5.74, 6) is 0.376. The maximum absolute atomic E-state index is 12.8. The van der Waals surface area contributed by atoms with Crippen LogP contribution >= 0.6 is 0 Å². The van der Waals surface area contributed by atoms with Crippen molar-refractivity contribution in [1.29, 1.82) is 0 Å². The van der Waals surface area contributed by atoms with Crippen LogP contribution in [0.1, 0.15) is 32.1 Å². The zero-order valence-electron chi connectivity index (χ0n) is 15.9. The fourth-order valence-corrected chi connectivity index (χ4v) is 3.05. The number of rotatable bonds is 6. The molecule has 3 rings (SSSR count). The minimum absolute atomic E-state index is 0.240. The monoisotopic (exact) mass is 379 g/mol. The lowest BCUT2D eigenvalue weighted by Crippen LogP contribution is -2.36. The number of ether oxygens (including phenoxy) is 1. The molecule has 0 aliphatic carbocycles. The number of hydrogen-bond donors (Lipinski definition) is 1. The van der Waals surface area contributed by atoms with Crippen molar-refractivity contribution >= 4 is 28.3 Å². The quantitative estimate of drug-likeness (QED) is 0.665. The molecule has 2 aromatic carbocycles. The molecule has 1 heterocycles. The molecule has 0 bridgehead atoms. The summed E-state index contributed by atoms with van der Waals surface area (Å²) in [5, 5.41) is 0.476. The maximum atomic E-state index is 12.8. The van der Waals surface area contributed by atoms with Gasteiger partial charge < -0.3 is 14.6 Å². The van der Waals surface area contributed by atoms with Gasteiger partial charge in [0.2, 0.25) is 5.91 Å². The Balaban J connectivity index is 2.07. The molecule has 0 spiro atoms. The van der Waals surface area contributed by atoms with E-state index >= 15 is 0 Å². The molecule has 7 nitrogen and oxygen atoms in total. The number of anilines is 1. The maximum Gasteiger partial charge on any atom is 0.258 e. The van der Waals surface area contributed by atoms with Crippen LogP contribution in [0.4, 0.5) is 5.69 Å². The largest absolute Gasteiger partial charge is 0.497 e. The molecule has 1 atom stereocenters. The van der Waals surface area contributed by atoms with Gasteiger partial charge in [0.1, 0.15) is 17.4 Å². The number of methoxy groups -OCH3 is 1. The Kier molecular flexibility index (Phi) is 5.54. The molecule has 0 fully saturated rings. The number of nitrogens with zero attached hydrogens (tertiary/aromatic N) is 2. The molecule has 28 heavy (non-hydrogen) atoms. The molecule has 0 aliphatic rings. The van der Waals surface area contributed by atoms with E-state index in [9.17, 15) is 14.4 Å². The van der Waals surface area contributed by atoms with Crippen LogP contribution in [0.5, 0.6) is 5.75 Å². The van der Waals surface area contributed by atoms with Gasteiger partial charge in [-0.25, -0.2) is 4.98 Å². The number of carbonyl (C=O) groups is 2. The Morgan fingerprint density at radius 3 is 2.46 bits per heavy atom. The Hall–Kier alpha value is -3.48. The highest BCUT2D eigenvalue weighted by atomic mass is 16.5. The molecule has 7 heteroatoms. The number of Topliss-reactive ketones (excluding diaryl/α,β-unsaturated/α-hetero) is 1. The normalized spacial score (nSPS) is 11.8. The highest BCUT2D eigenvalue weighted by Gasteiger charge is 2.26. The van der Waals surface area contributed by atoms with Crippen LogP contribution in [-0.4, -0.2) is 28.8 Å². The molecule has 1 unspecified atom stereocenters. The average Bonchev–Trinajstić information content (AvgIpc) is 2.68. The number of hydrogen-bond acceptors (Lipinski definition) is 5. The molecule has 0 saturated heterocycles. The smallest absolute Gasteiger partial charge is 0.258 e. The van der Waals surface area contributed by atoms with E-state index in [1.165, 1.54) is 11.8 Å². The SMILES string of the molecule is COc1ccc(N(C(=O)CC(C)=O)C(C)c2nc3ccccc3c(=O)[nH]2)cc1. The minimum atomic E-state index is -0.586. The molecule has 3 aromatic rings. The van der Waals surface area contributed by atoms with Gasteiger partial charge in [0.15, 0.2) is 0 Å². The predicted molar refractivity (Wildman–Crippen MR) is 107 cm³/mol. The first kappa shape index (κ1) is 19.3. The third-order valence-corrected chi connectivity index (χ3v) is 4.43. The zero-order chi connectivity index (χ0) is 20.3. The average molecular weight is 379 g/mol. The van der Waals surface area contributed by atoms with E-state index in [0.29, 0.717) is 28.2 Å². The number of para-hydroxylation sites is 1. The first-order valence-electron chi connectivity index (χ1n) is 8.85. The van der Waals surface area contributed by atoms with Crippen LogP contribution in [0.2, 0.25) is 0 Å². The fourth-order valence-electron chi connectivity index (χ4n) is 3.05. The number of aromatic nitrogens is 2. The summed E-state index contributed by atoms with van der Waals surface area (Å²) >= 11 is 0. The van der Waals surface area contributed by atoms with Crippen LogP contribution in [-0.2, 0) is 9.59 Å². The van der Waals surface area contributed by atoms with Gasteiger partial charge >= 0.3 is 0 Å². The van der Waals surface area contributed by atoms with Crippen molar-refractivity contribution in [1.82, 2.24) is 9.97 Å². The van der Waals surface area contributed by atoms with Gasteiger partial charge in [0.05, 0.1) is 30.5 Å². The molecular formula is C21H21N3O4. The van der Waals surface area contributed by atoms with Crippen LogP contribution < -0.4 is 15.2 Å².